The van der Waals surface area contributed by atoms with Crippen LogP contribution in [0.5, 0.6) is 0 Å². The van der Waals surface area contributed by atoms with Crippen molar-refractivity contribution in [1.29, 1.82) is 0 Å². The molecule has 0 unspecified atom stereocenters. The largest absolute Gasteiger partial charge is 0.348 e. The Hall–Kier alpha value is -0.460. The highest BCUT2D eigenvalue weighted by molar-refractivity contribution is 7.81. The Morgan fingerprint density at radius 1 is 0.600 bits per heavy atom. The van der Waals surface area contributed by atoms with E-state index >= 15 is 0 Å². The zero-order valence-corrected chi connectivity index (χ0v) is 15.5. The van der Waals surface area contributed by atoms with E-state index in [-0.39, 0.29) is 0 Å². The van der Waals surface area contributed by atoms with E-state index in [9.17, 15) is 0 Å². The Morgan fingerprint density at radius 3 is 1.10 bits per heavy atom. The van der Waals surface area contributed by atoms with Crippen molar-refractivity contribution in [3.05, 3.63) is 0 Å². The summed E-state index contributed by atoms with van der Waals surface area (Å²) in [5.41, 5.74) is 0. The molecule has 0 N–H and O–H groups in total. The second-order valence-electron chi connectivity index (χ2n) is 4.36. The van der Waals surface area contributed by atoms with E-state index in [0.717, 1.165) is 49.5 Å². The Kier molecular flexibility index (Phi) is 10.1. The number of thiocarbonyl (C=S) groups is 2. The SMILES string of the molecule is CCN(CC)C(=S)N(C(=S)N(CC)CC)N(CC)CC. The van der Waals surface area contributed by atoms with Crippen LogP contribution in [-0.4, -0.2) is 69.3 Å². The van der Waals surface area contributed by atoms with Crippen LogP contribution in [-0.2, 0) is 0 Å². The molecule has 0 aliphatic carbocycles. The predicted molar refractivity (Wildman–Crippen MR) is 95.8 cm³/mol. The fourth-order valence-corrected chi connectivity index (χ4v) is 3.06. The molecule has 0 aliphatic rings. The molecule has 0 aromatic heterocycles. The lowest BCUT2D eigenvalue weighted by Crippen LogP contribution is -2.58. The van der Waals surface area contributed by atoms with Gasteiger partial charge in [-0.1, -0.05) is 13.8 Å². The summed E-state index contributed by atoms with van der Waals surface area (Å²) < 4.78 is 0. The molecule has 0 saturated carbocycles. The quantitative estimate of drug-likeness (QED) is 0.525. The molecule has 0 aromatic rings. The van der Waals surface area contributed by atoms with Gasteiger partial charge in [0, 0.05) is 39.3 Å². The highest BCUT2D eigenvalue weighted by Gasteiger charge is 2.26. The summed E-state index contributed by atoms with van der Waals surface area (Å²) >= 11 is 11.4. The summed E-state index contributed by atoms with van der Waals surface area (Å²) in [6, 6.07) is 0. The van der Waals surface area contributed by atoms with Crippen LogP contribution in [0.3, 0.4) is 0 Å². The van der Waals surface area contributed by atoms with E-state index < -0.39 is 0 Å². The van der Waals surface area contributed by atoms with E-state index in [1.165, 1.54) is 0 Å². The molecule has 0 heterocycles. The third-order valence-electron chi connectivity index (χ3n) is 3.44. The van der Waals surface area contributed by atoms with Crippen LogP contribution in [0.4, 0.5) is 0 Å². The minimum absolute atomic E-state index is 0.801. The topological polar surface area (TPSA) is 13.0 Å². The first kappa shape index (κ1) is 19.5. The van der Waals surface area contributed by atoms with Crippen LogP contribution < -0.4 is 0 Å². The van der Waals surface area contributed by atoms with Crippen molar-refractivity contribution in [2.45, 2.75) is 41.5 Å². The number of rotatable bonds is 7. The molecule has 0 aromatic carbocycles. The predicted octanol–water partition coefficient (Wildman–Crippen LogP) is 2.80. The smallest absolute Gasteiger partial charge is 0.193 e. The van der Waals surface area contributed by atoms with Crippen molar-refractivity contribution in [2.24, 2.45) is 0 Å². The first-order valence-corrected chi connectivity index (χ1v) is 8.46. The minimum Gasteiger partial charge on any atom is -0.348 e. The lowest BCUT2D eigenvalue weighted by molar-refractivity contribution is 0.103. The summed E-state index contributed by atoms with van der Waals surface area (Å²) in [5.74, 6) is 0. The fourth-order valence-electron chi connectivity index (χ4n) is 2.09. The Balaban J connectivity index is 5.37. The Labute approximate surface area is 135 Å². The van der Waals surface area contributed by atoms with E-state index in [1.54, 1.807) is 0 Å². The molecule has 118 valence electrons. The molecule has 0 bridgehead atoms. The normalized spacial score (nSPS) is 10.6. The molecule has 0 spiro atoms. The monoisotopic (exact) mass is 318 g/mol. The molecule has 20 heavy (non-hydrogen) atoms. The minimum atomic E-state index is 0.801. The van der Waals surface area contributed by atoms with E-state index in [2.05, 4.69) is 56.4 Å². The number of nitrogens with zero attached hydrogens (tertiary/aromatic N) is 4. The molecule has 0 amide bonds. The van der Waals surface area contributed by atoms with Gasteiger partial charge >= 0.3 is 0 Å². The third-order valence-corrected chi connectivity index (χ3v) is 4.31. The highest BCUT2D eigenvalue weighted by atomic mass is 32.1. The van der Waals surface area contributed by atoms with Crippen molar-refractivity contribution >= 4 is 34.7 Å². The van der Waals surface area contributed by atoms with Crippen LogP contribution in [0.25, 0.3) is 0 Å². The van der Waals surface area contributed by atoms with Crippen LogP contribution in [0.1, 0.15) is 41.5 Å². The van der Waals surface area contributed by atoms with Gasteiger partial charge in [0.2, 0.25) is 0 Å². The molecular weight excluding hydrogens is 288 g/mol. The van der Waals surface area contributed by atoms with E-state index in [0.29, 0.717) is 0 Å². The third kappa shape index (κ3) is 4.82. The maximum absolute atomic E-state index is 5.69. The Morgan fingerprint density at radius 2 is 0.900 bits per heavy atom. The fraction of sp³-hybridized carbons (Fsp3) is 0.857. The van der Waals surface area contributed by atoms with Crippen molar-refractivity contribution in [2.75, 3.05) is 39.3 Å². The first-order chi connectivity index (χ1) is 9.51. The highest BCUT2D eigenvalue weighted by Crippen LogP contribution is 2.10. The average molecular weight is 319 g/mol. The summed E-state index contributed by atoms with van der Waals surface area (Å²) in [4.78, 5) is 4.34. The second-order valence-corrected chi connectivity index (χ2v) is 5.09. The summed E-state index contributed by atoms with van der Waals surface area (Å²) in [6.07, 6.45) is 0. The molecule has 0 rings (SSSR count). The number of hydrogen-bond donors (Lipinski definition) is 0. The van der Waals surface area contributed by atoms with Crippen molar-refractivity contribution in [1.82, 2.24) is 19.8 Å². The van der Waals surface area contributed by atoms with Gasteiger partial charge < -0.3 is 9.80 Å². The molecule has 6 heteroatoms. The molecule has 0 radical (unpaired) electrons. The molecule has 0 fully saturated rings. The van der Waals surface area contributed by atoms with Crippen LogP contribution in [0.15, 0.2) is 0 Å². The van der Waals surface area contributed by atoms with Gasteiger partial charge in [-0.05, 0) is 52.1 Å². The van der Waals surface area contributed by atoms with Crippen molar-refractivity contribution < 1.29 is 0 Å². The summed E-state index contributed by atoms with van der Waals surface area (Å²) in [5, 5.41) is 5.83. The second kappa shape index (κ2) is 10.3. The van der Waals surface area contributed by atoms with Gasteiger partial charge in [0.25, 0.3) is 0 Å². The molecule has 0 atom stereocenters. The summed E-state index contributed by atoms with van der Waals surface area (Å²) in [6.45, 7) is 18.1. The molecule has 0 aliphatic heterocycles. The van der Waals surface area contributed by atoms with Gasteiger partial charge in [-0.25, -0.2) is 10.0 Å². The molecule has 0 saturated heterocycles. The van der Waals surface area contributed by atoms with Crippen LogP contribution in [0, 0.1) is 0 Å². The Bertz CT molecular complexity index is 274. The standard InChI is InChI=1S/C14H30N4S2/c1-7-15(8-2)13(19)18(17(11-5)12-6)14(20)16(9-3)10-4/h7-12H2,1-6H3. The molecule has 4 nitrogen and oxygen atoms in total. The van der Waals surface area contributed by atoms with Gasteiger partial charge in [-0.3, -0.25) is 0 Å². The van der Waals surface area contributed by atoms with Crippen LogP contribution in [0.2, 0.25) is 0 Å². The van der Waals surface area contributed by atoms with Gasteiger partial charge in [-0.15, -0.1) is 0 Å². The summed E-state index contributed by atoms with van der Waals surface area (Å²) in [7, 11) is 0. The maximum atomic E-state index is 5.69. The van der Waals surface area contributed by atoms with Gasteiger partial charge in [0.15, 0.2) is 10.2 Å². The van der Waals surface area contributed by atoms with Crippen molar-refractivity contribution in [3.63, 3.8) is 0 Å². The van der Waals surface area contributed by atoms with Gasteiger partial charge in [0.05, 0.1) is 0 Å². The van der Waals surface area contributed by atoms with Gasteiger partial charge in [-0.2, -0.15) is 0 Å². The number of hydrogen-bond acceptors (Lipinski definition) is 3. The lowest BCUT2D eigenvalue weighted by Gasteiger charge is -2.41. The van der Waals surface area contributed by atoms with Gasteiger partial charge in [0.1, 0.15) is 0 Å². The average Bonchev–Trinajstić information content (AvgIpc) is 2.46. The van der Waals surface area contributed by atoms with Crippen LogP contribution >= 0.6 is 24.4 Å². The zero-order valence-electron chi connectivity index (χ0n) is 13.8. The van der Waals surface area contributed by atoms with E-state index in [1.807, 2.05) is 5.01 Å². The van der Waals surface area contributed by atoms with Crippen molar-refractivity contribution in [3.8, 4) is 0 Å². The maximum Gasteiger partial charge on any atom is 0.193 e. The van der Waals surface area contributed by atoms with E-state index in [4.69, 9.17) is 24.4 Å². The zero-order chi connectivity index (χ0) is 15.7. The first-order valence-electron chi connectivity index (χ1n) is 7.64. The molecular formula is C14H30N4S2. The number of hydrazine groups is 1. The lowest BCUT2D eigenvalue weighted by atomic mass is 10.5.